The van der Waals surface area contributed by atoms with Crippen LogP contribution in [-0.2, 0) is 10.1 Å². The van der Waals surface area contributed by atoms with E-state index in [2.05, 4.69) is 13.8 Å². The number of hydrogen-bond acceptors (Lipinski definition) is 2. The largest absolute Gasteiger partial charge is 0.294 e. The predicted molar refractivity (Wildman–Crippen MR) is 78.5 cm³/mol. The maximum absolute atomic E-state index is 11.6. The molecule has 1 N–H and O–H groups in total. The fraction of sp³-hybridized carbons (Fsp3) is 0.538. The van der Waals surface area contributed by atoms with Crippen LogP contribution in [0, 0.1) is 27.7 Å². The first-order chi connectivity index (χ1) is 8.07. The second-order valence-corrected chi connectivity index (χ2v) is 9.49. The Balaban J connectivity index is 3.76. The molecule has 0 aliphatic heterocycles. The molecule has 0 fully saturated rings. The summed E-state index contributed by atoms with van der Waals surface area (Å²) >= 11 is 0. The molecule has 102 valence electrons. The van der Waals surface area contributed by atoms with E-state index < -0.39 is 19.6 Å². The molecule has 0 heterocycles. The van der Waals surface area contributed by atoms with Crippen molar-refractivity contribution in [3.05, 3.63) is 22.3 Å². The Hall–Kier alpha value is -0.653. The molecule has 0 saturated heterocycles. The van der Waals surface area contributed by atoms with Gasteiger partial charge in [-0.15, -0.1) is 0 Å². The monoisotopic (exact) mass is 286 g/mol. The molecule has 0 saturated carbocycles. The summed E-state index contributed by atoms with van der Waals surface area (Å²) in [7, 11) is -4.85. The quantitative estimate of drug-likeness (QED) is 0.681. The van der Waals surface area contributed by atoms with Crippen LogP contribution < -0.4 is 5.19 Å². The fourth-order valence-corrected chi connectivity index (χ4v) is 6.00. The molecule has 0 atom stereocenters. The predicted octanol–water partition coefficient (Wildman–Crippen LogP) is 1.79. The average Bonchev–Trinajstić information content (AvgIpc) is 2.20. The Morgan fingerprint density at radius 3 is 1.78 bits per heavy atom. The summed E-state index contributed by atoms with van der Waals surface area (Å²) < 4.78 is 32.8. The van der Waals surface area contributed by atoms with E-state index >= 15 is 0 Å². The van der Waals surface area contributed by atoms with Crippen LogP contribution in [0.3, 0.4) is 0 Å². The first-order valence-electron chi connectivity index (χ1n) is 6.14. The molecule has 3 nitrogen and oxygen atoms in total. The zero-order valence-electron chi connectivity index (χ0n) is 12.0. The van der Waals surface area contributed by atoms with Crippen molar-refractivity contribution in [2.24, 2.45) is 0 Å². The van der Waals surface area contributed by atoms with Crippen LogP contribution >= 0.6 is 0 Å². The molecule has 0 radical (unpaired) electrons. The van der Waals surface area contributed by atoms with Crippen molar-refractivity contribution < 1.29 is 13.0 Å². The molecule has 0 unspecified atom stereocenters. The van der Waals surface area contributed by atoms with Gasteiger partial charge in [0.15, 0.2) is 0 Å². The van der Waals surface area contributed by atoms with Gasteiger partial charge in [-0.05, 0) is 55.1 Å². The maximum Gasteiger partial charge on any atom is 0.294 e. The number of hydrogen-bond donors (Lipinski definition) is 1. The van der Waals surface area contributed by atoms with Gasteiger partial charge in [-0.25, -0.2) is 0 Å². The topological polar surface area (TPSA) is 54.4 Å². The third-order valence-corrected chi connectivity index (χ3v) is 7.06. The van der Waals surface area contributed by atoms with E-state index in [1.54, 1.807) is 6.92 Å². The van der Waals surface area contributed by atoms with E-state index in [4.69, 9.17) is 0 Å². The Labute approximate surface area is 112 Å². The van der Waals surface area contributed by atoms with Crippen molar-refractivity contribution in [1.82, 2.24) is 0 Å². The van der Waals surface area contributed by atoms with E-state index in [-0.39, 0.29) is 4.90 Å². The van der Waals surface area contributed by atoms with E-state index in [9.17, 15) is 13.0 Å². The molecule has 1 aromatic rings. The van der Waals surface area contributed by atoms with E-state index in [0.29, 0.717) is 11.1 Å². The third-order valence-electron chi connectivity index (χ3n) is 3.63. The summed E-state index contributed by atoms with van der Waals surface area (Å²) in [5.74, 6) is 0. The Kier molecular flexibility index (Phi) is 4.41. The van der Waals surface area contributed by atoms with Crippen LogP contribution in [0.25, 0.3) is 0 Å². The van der Waals surface area contributed by atoms with Gasteiger partial charge in [-0.1, -0.05) is 19.4 Å². The molecular weight excluding hydrogens is 264 g/mol. The summed E-state index contributed by atoms with van der Waals surface area (Å²) in [6.45, 7) is 11.9. The van der Waals surface area contributed by atoms with Gasteiger partial charge < -0.3 is 0 Å². The highest BCUT2D eigenvalue weighted by atomic mass is 32.2. The lowest BCUT2D eigenvalue weighted by Crippen LogP contribution is -2.29. The van der Waals surface area contributed by atoms with E-state index in [1.165, 1.54) is 0 Å². The summed E-state index contributed by atoms with van der Waals surface area (Å²) in [5, 5.41) is 0.896. The second-order valence-electron chi connectivity index (χ2n) is 5.38. The lowest BCUT2D eigenvalue weighted by Gasteiger charge is -2.20. The maximum atomic E-state index is 11.6. The van der Waals surface area contributed by atoms with Crippen LogP contribution in [-0.4, -0.2) is 22.5 Å². The summed E-state index contributed by atoms with van der Waals surface area (Å²) in [4.78, 5) is 0.170. The van der Waals surface area contributed by atoms with Crippen LogP contribution in [0.5, 0.6) is 0 Å². The van der Waals surface area contributed by atoms with Crippen molar-refractivity contribution >= 4 is 24.8 Å². The van der Waals surface area contributed by atoms with E-state index in [0.717, 1.165) is 21.9 Å². The summed E-state index contributed by atoms with van der Waals surface area (Å²) in [6.07, 6.45) is 0. The molecule has 0 bridgehead atoms. The Bertz CT molecular complexity index is 575. The van der Waals surface area contributed by atoms with Crippen molar-refractivity contribution in [3.8, 4) is 0 Å². The van der Waals surface area contributed by atoms with Gasteiger partial charge in [-0.2, -0.15) is 8.42 Å². The minimum Gasteiger partial charge on any atom is -0.282 e. The zero-order chi connectivity index (χ0) is 14.2. The van der Waals surface area contributed by atoms with Crippen LogP contribution in [0.2, 0.25) is 5.54 Å². The SMILES string of the molecule is Cc1c(C)c(C)c(S(=O)(=O)O)c([SiH2]C(C)C)c1C. The minimum absolute atomic E-state index is 0.170. The highest BCUT2D eigenvalue weighted by Gasteiger charge is 2.24. The third kappa shape index (κ3) is 2.84. The molecule has 0 amide bonds. The molecule has 0 aliphatic carbocycles. The van der Waals surface area contributed by atoms with Gasteiger partial charge in [0, 0.05) is 0 Å². The number of benzene rings is 1. The second kappa shape index (κ2) is 5.15. The first-order valence-corrected chi connectivity index (χ1v) is 9.10. The molecule has 0 aromatic heterocycles. The van der Waals surface area contributed by atoms with E-state index in [1.807, 2.05) is 20.8 Å². The van der Waals surface area contributed by atoms with Crippen LogP contribution in [0.4, 0.5) is 0 Å². The standard InChI is InChI=1S/C13H22O3SSi/c1-7(2)18-13-11(6)9(4)8(3)10(5)12(13)17(14,15)16/h7H,18H2,1-6H3,(H,14,15,16). The van der Waals surface area contributed by atoms with Gasteiger partial charge in [0.25, 0.3) is 10.1 Å². The van der Waals surface area contributed by atoms with Crippen LogP contribution in [0.15, 0.2) is 4.90 Å². The molecule has 5 heteroatoms. The smallest absolute Gasteiger partial charge is 0.282 e. The van der Waals surface area contributed by atoms with Crippen molar-refractivity contribution in [3.63, 3.8) is 0 Å². The van der Waals surface area contributed by atoms with Gasteiger partial charge in [0.1, 0.15) is 0 Å². The van der Waals surface area contributed by atoms with Crippen molar-refractivity contribution in [2.75, 3.05) is 0 Å². The lowest BCUT2D eigenvalue weighted by atomic mass is 9.99. The lowest BCUT2D eigenvalue weighted by molar-refractivity contribution is 0.483. The molecule has 1 aromatic carbocycles. The van der Waals surface area contributed by atoms with Crippen molar-refractivity contribution in [2.45, 2.75) is 52.0 Å². The van der Waals surface area contributed by atoms with Gasteiger partial charge in [0.2, 0.25) is 0 Å². The molecular formula is C13H22O3SSi. The van der Waals surface area contributed by atoms with Crippen LogP contribution in [0.1, 0.15) is 36.1 Å². The molecule has 0 aliphatic rings. The summed E-state index contributed by atoms with van der Waals surface area (Å²) in [6, 6.07) is 0. The molecule has 18 heavy (non-hydrogen) atoms. The van der Waals surface area contributed by atoms with Crippen molar-refractivity contribution in [1.29, 1.82) is 0 Å². The first kappa shape index (κ1) is 15.4. The Morgan fingerprint density at radius 2 is 1.39 bits per heavy atom. The van der Waals surface area contributed by atoms with Gasteiger partial charge >= 0.3 is 0 Å². The Morgan fingerprint density at radius 1 is 0.944 bits per heavy atom. The zero-order valence-corrected chi connectivity index (χ0v) is 14.2. The fourth-order valence-electron chi connectivity index (χ4n) is 2.36. The summed E-state index contributed by atoms with van der Waals surface area (Å²) in [5.41, 5.74) is 4.31. The minimum atomic E-state index is -4.14. The van der Waals surface area contributed by atoms with Gasteiger partial charge in [0.05, 0.1) is 14.4 Å². The van der Waals surface area contributed by atoms with Gasteiger partial charge in [-0.3, -0.25) is 4.55 Å². The molecule has 1 rings (SSSR count). The highest BCUT2D eigenvalue weighted by Crippen LogP contribution is 2.23. The normalized spacial score (nSPS) is 12.9. The molecule has 0 spiro atoms. The average molecular weight is 286 g/mol. The highest BCUT2D eigenvalue weighted by molar-refractivity contribution is 7.86. The number of rotatable bonds is 3.